The molecule has 3 rings (SSSR count). The SMILES string of the molecule is Cc1cn(CCC(=O)NCCN2CCN(Cc3ccc(Cl)cc3)CC2)cn1. The van der Waals surface area contributed by atoms with E-state index in [1.54, 1.807) is 6.33 Å². The third-order valence-corrected chi connectivity index (χ3v) is 5.15. The monoisotopic (exact) mass is 389 g/mol. The van der Waals surface area contributed by atoms with Crippen LogP contribution >= 0.6 is 11.6 Å². The van der Waals surface area contributed by atoms with E-state index in [9.17, 15) is 4.79 Å². The lowest BCUT2D eigenvalue weighted by Gasteiger charge is -2.34. The van der Waals surface area contributed by atoms with E-state index in [0.29, 0.717) is 19.5 Å². The molecule has 27 heavy (non-hydrogen) atoms. The first kappa shape index (κ1) is 19.9. The van der Waals surface area contributed by atoms with Gasteiger partial charge in [0.05, 0.1) is 12.0 Å². The van der Waals surface area contributed by atoms with Crippen LogP contribution in [-0.2, 0) is 17.9 Å². The standard InChI is InChI=1S/C20H28ClN5O/c1-17-14-26(16-23-17)8-6-20(27)22-7-9-24-10-12-25(13-11-24)15-18-2-4-19(21)5-3-18/h2-5,14,16H,6-13,15H2,1H3,(H,22,27). The molecule has 0 unspecified atom stereocenters. The minimum atomic E-state index is 0.0997. The number of amides is 1. The molecule has 6 nitrogen and oxygen atoms in total. The van der Waals surface area contributed by atoms with Crippen molar-refractivity contribution in [2.75, 3.05) is 39.3 Å². The quantitative estimate of drug-likeness (QED) is 0.751. The number of nitrogens with one attached hydrogen (secondary N) is 1. The van der Waals surface area contributed by atoms with E-state index in [2.05, 4.69) is 32.2 Å². The molecule has 0 radical (unpaired) electrons. The highest BCUT2D eigenvalue weighted by Crippen LogP contribution is 2.12. The summed E-state index contributed by atoms with van der Waals surface area (Å²) in [5.74, 6) is 0.0997. The molecule has 146 valence electrons. The Labute approximate surface area is 166 Å². The molecule has 1 aromatic heterocycles. The van der Waals surface area contributed by atoms with E-state index < -0.39 is 0 Å². The molecule has 0 bridgehead atoms. The van der Waals surface area contributed by atoms with Gasteiger partial charge in [-0.25, -0.2) is 4.98 Å². The van der Waals surface area contributed by atoms with Gasteiger partial charge in [0.2, 0.25) is 5.91 Å². The summed E-state index contributed by atoms with van der Waals surface area (Å²) in [6.45, 7) is 9.39. The molecule has 1 saturated heterocycles. The molecule has 0 saturated carbocycles. The normalized spacial score (nSPS) is 15.8. The van der Waals surface area contributed by atoms with Crippen LogP contribution in [0.1, 0.15) is 17.7 Å². The first-order valence-electron chi connectivity index (χ1n) is 9.53. The fraction of sp³-hybridized carbons (Fsp3) is 0.500. The maximum atomic E-state index is 12.0. The Hall–Kier alpha value is -1.89. The lowest BCUT2D eigenvalue weighted by atomic mass is 10.2. The molecule has 0 aliphatic carbocycles. The van der Waals surface area contributed by atoms with E-state index >= 15 is 0 Å². The second-order valence-corrected chi connectivity index (χ2v) is 7.53. The highest BCUT2D eigenvalue weighted by molar-refractivity contribution is 6.30. The third kappa shape index (κ3) is 6.65. The number of carbonyl (C=O) groups excluding carboxylic acids is 1. The number of hydrogen-bond donors (Lipinski definition) is 1. The number of halogens is 1. The van der Waals surface area contributed by atoms with E-state index in [1.165, 1.54) is 5.56 Å². The largest absolute Gasteiger partial charge is 0.355 e. The number of nitrogens with zero attached hydrogens (tertiary/aromatic N) is 4. The number of benzene rings is 1. The van der Waals surface area contributed by atoms with Crippen molar-refractivity contribution in [1.82, 2.24) is 24.7 Å². The van der Waals surface area contributed by atoms with Crippen LogP contribution in [0.15, 0.2) is 36.8 Å². The van der Waals surface area contributed by atoms with Gasteiger partial charge in [-0.1, -0.05) is 23.7 Å². The zero-order valence-electron chi connectivity index (χ0n) is 15.9. The van der Waals surface area contributed by atoms with Gasteiger partial charge >= 0.3 is 0 Å². The molecule has 1 aliphatic rings. The number of piperazine rings is 1. The van der Waals surface area contributed by atoms with Gasteiger partial charge in [0.15, 0.2) is 0 Å². The van der Waals surface area contributed by atoms with Gasteiger partial charge in [-0.15, -0.1) is 0 Å². The zero-order chi connectivity index (χ0) is 19.1. The fourth-order valence-corrected chi connectivity index (χ4v) is 3.41. The summed E-state index contributed by atoms with van der Waals surface area (Å²) in [5.41, 5.74) is 2.28. The average Bonchev–Trinajstić information content (AvgIpc) is 3.09. The van der Waals surface area contributed by atoms with Gasteiger partial charge in [-0.3, -0.25) is 14.6 Å². The maximum absolute atomic E-state index is 12.0. The molecule has 1 N–H and O–H groups in total. The van der Waals surface area contributed by atoms with Crippen LogP contribution in [0, 0.1) is 6.92 Å². The lowest BCUT2D eigenvalue weighted by Crippen LogP contribution is -2.48. The van der Waals surface area contributed by atoms with Gasteiger partial charge in [-0.05, 0) is 24.6 Å². The molecule has 2 aromatic rings. The van der Waals surface area contributed by atoms with E-state index in [1.807, 2.05) is 29.8 Å². The van der Waals surface area contributed by atoms with Crippen molar-refractivity contribution in [3.63, 3.8) is 0 Å². The smallest absolute Gasteiger partial charge is 0.221 e. The van der Waals surface area contributed by atoms with Crippen LogP contribution in [-0.4, -0.2) is 64.5 Å². The van der Waals surface area contributed by atoms with Gasteiger partial charge in [0.25, 0.3) is 0 Å². The van der Waals surface area contributed by atoms with Crippen LogP contribution in [0.3, 0.4) is 0 Å². The van der Waals surface area contributed by atoms with Crippen molar-refractivity contribution in [3.05, 3.63) is 53.1 Å². The molecule has 7 heteroatoms. The Morgan fingerprint density at radius 1 is 1.11 bits per heavy atom. The van der Waals surface area contributed by atoms with Crippen molar-refractivity contribution >= 4 is 17.5 Å². The van der Waals surface area contributed by atoms with E-state index in [0.717, 1.165) is 50.0 Å². The van der Waals surface area contributed by atoms with Crippen molar-refractivity contribution in [2.24, 2.45) is 0 Å². The molecule has 1 amide bonds. The Balaban J connectivity index is 1.28. The van der Waals surface area contributed by atoms with Crippen LogP contribution in [0.5, 0.6) is 0 Å². The number of carbonyl (C=O) groups is 1. The Kier molecular flexibility index (Phi) is 7.26. The molecule has 1 fully saturated rings. The second-order valence-electron chi connectivity index (χ2n) is 7.10. The molecule has 2 heterocycles. The fourth-order valence-electron chi connectivity index (χ4n) is 3.29. The first-order chi connectivity index (χ1) is 13.1. The highest BCUT2D eigenvalue weighted by Gasteiger charge is 2.16. The van der Waals surface area contributed by atoms with Gasteiger partial charge in [0, 0.05) is 70.0 Å². The summed E-state index contributed by atoms with van der Waals surface area (Å²) in [4.78, 5) is 21.0. The number of rotatable bonds is 8. The van der Waals surface area contributed by atoms with Gasteiger partial charge in [0.1, 0.15) is 0 Å². The third-order valence-electron chi connectivity index (χ3n) is 4.89. The predicted molar refractivity (Wildman–Crippen MR) is 108 cm³/mol. The van der Waals surface area contributed by atoms with Crippen LogP contribution < -0.4 is 5.32 Å². The lowest BCUT2D eigenvalue weighted by molar-refractivity contribution is -0.121. The van der Waals surface area contributed by atoms with Crippen LogP contribution in [0.2, 0.25) is 5.02 Å². The molecule has 1 aliphatic heterocycles. The molecular formula is C20H28ClN5O. The van der Waals surface area contributed by atoms with E-state index in [4.69, 9.17) is 11.6 Å². The maximum Gasteiger partial charge on any atom is 0.221 e. The summed E-state index contributed by atoms with van der Waals surface area (Å²) >= 11 is 5.94. The van der Waals surface area contributed by atoms with Gasteiger partial charge < -0.3 is 9.88 Å². The van der Waals surface area contributed by atoms with Crippen molar-refractivity contribution in [3.8, 4) is 0 Å². The van der Waals surface area contributed by atoms with Crippen molar-refractivity contribution in [2.45, 2.75) is 26.4 Å². The topological polar surface area (TPSA) is 53.4 Å². The average molecular weight is 390 g/mol. The first-order valence-corrected chi connectivity index (χ1v) is 9.90. The predicted octanol–water partition coefficient (Wildman–Crippen LogP) is 2.17. The Bertz CT molecular complexity index is 722. The summed E-state index contributed by atoms with van der Waals surface area (Å²) in [6, 6.07) is 8.08. The zero-order valence-corrected chi connectivity index (χ0v) is 16.7. The second kappa shape index (κ2) is 9.88. The number of imidazole rings is 1. The van der Waals surface area contributed by atoms with Crippen molar-refractivity contribution in [1.29, 1.82) is 0 Å². The highest BCUT2D eigenvalue weighted by atomic mass is 35.5. The molecule has 0 atom stereocenters. The molecular weight excluding hydrogens is 362 g/mol. The minimum Gasteiger partial charge on any atom is -0.355 e. The van der Waals surface area contributed by atoms with Crippen LogP contribution in [0.4, 0.5) is 0 Å². The summed E-state index contributed by atoms with van der Waals surface area (Å²) in [7, 11) is 0. The Morgan fingerprint density at radius 2 is 1.81 bits per heavy atom. The van der Waals surface area contributed by atoms with Crippen LogP contribution in [0.25, 0.3) is 0 Å². The Morgan fingerprint density at radius 3 is 2.48 bits per heavy atom. The molecule has 0 spiro atoms. The minimum absolute atomic E-state index is 0.0997. The summed E-state index contributed by atoms with van der Waals surface area (Å²) in [6.07, 6.45) is 4.22. The number of aryl methyl sites for hydroxylation is 2. The summed E-state index contributed by atoms with van der Waals surface area (Å²) < 4.78 is 1.95. The summed E-state index contributed by atoms with van der Waals surface area (Å²) in [5, 5.41) is 3.81. The molecule has 1 aromatic carbocycles. The number of aromatic nitrogens is 2. The van der Waals surface area contributed by atoms with Crippen molar-refractivity contribution < 1.29 is 4.79 Å². The van der Waals surface area contributed by atoms with E-state index in [-0.39, 0.29) is 5.91 Å². The van der Waals surface area contributed by atoms with Gasteiger partial charge in [-0.2, -0.15) is 0 Å². The number of hydrogen-bond acceptors (Lipinski definition) is 4.